The molecule has 2 aromatic rings. The molecule has 1 aliphatic heterocycles. The van der Waals surface area contributed by atoms with Crippen LogP contribution in [0.4, 0.5) is 0 Å². The summed E-state index contributed by atoms with van der Waals surface area (Å²) in [5.41, 5.74) is 2.56. The Morgan fingerprint density at radius 3 is 2.31 bits per heavy atom. The van der Waals surface area contributed by atoms with E-state index >= 15 is 0 Å². The van der Waals surface area contributed by atoms with Crippen molar-refractivity contribution in [3.63, 3.8) is 0 Å². The van der Waals surface area contributed by atoms with Crippen molar-refractivity contribution in [3.8, 4) is 0 Å². The summed E-state index contributed by atoms with van der Waals surface area (Å²) in [5.74, 6) is -0.952. The second kappa shape index (κ2) is 8.00. The first-order valence-electron chi connectivity index (χ1n) is 8.86. The molecule has 0 N–H and O–H groups in total. The van der Waals surface area contributed by atoms with Gasteiger partial charge < -0.3 is 9.64 Å². The number of hydrogen-bond acceptors (Lipinski definition) is 3. The number of nitrogens with zero attached hydrogens (tertiary/aromatic N) is 1. The van der Waals surface area contributed by atoms with Crippen molar-refractivity contribution in [2.24, 2.45) is 5.92 Å². The maximum atomic E-state index is 12.6. The van der Waals surface area contributed by atoms with Crippen LogP contribution < -0.4 is 0 Å². The molecular formula is C22H23NO3. The zero-order valence-electron chi connectivity index (χ0n) is 15.1. The number of rotatable bonds is 6. The van der Waals surface area contributed by atoms with Crippen LogP contribution >= 0.6 is 0 Å². The monoisotopic (exact) mass is 349 g/mol. The van der Waals surface area contributed by atoms with E-state index in [9.17, 15) is 9.59 Å². The molecule has 1 amide bonds. The quantitative estimate of drug-likeness (QED) is 0.455. The molecule has 0 aromatic heterocycles. The molecule has 4 heteroatoms. The third-order valence-corrected chi connectivity index (χ3v) is 4.73. The van der Waals surface area contributed by atoms with Crippen LogP contribution in [-0.4, -0.2) is 30.4 Å². The molecule has 0 spiro atoms. The predicted molar refractivity (Wildman–Crippen MR) is 100 cm³/mol. The van der Waals surface area contributed by atoms with Gasteiger partial charge >= 0.3 is 5.97 Å². The molecule has 1 fully saturated rings. The third kappa shape index (κ3) is 3.54. The lowest BCUT2D eigenvalue weighted by Gasteiger charge is -2.45. The van der Waals surface area contributed by atoms with Crippen molar-refractivity contribution in [3.05, 3.63) is 83.4 Å². The fourth-order valence-corrected chi connectivity index (χ4v) is 3.40. The minimum atomic E-state index is -0.495. The summed E-state index contributed by atoms with van der Waals surface area (Å²) >= 11 is 0. The zero-order chi connectivity index (χ0) is 18.5. The van der Waals surface area contributed by atoms with E-state index in [2.05, 4.69) is 0 Å². The summed E-state index contributed by atoms with van der Waals surface area (Å²) in [6.45, 7) is 2.06. The highest BCUT2D eigenvalue weighted by Crippen LogP contribution is 2.43. The lowest BCUT2D eigenvalue weighted by molar-refractivity contribution is -0.155. The molecule has 134 valence electrons. The number of carbonyl (C=O) groups is 2. The Labute approximate surface area is 154 Å². The van der Waals surface area contributed by atoms with Crippen LogP contribution in [0.2, 0.25) is 0 Å². The van der Waals surface area contributed by atoms with Crippen molar-refractivity contribution < 1.29 is 14.3 Å². The van der Waals surface area contributed by atoms with Crippen molar-refractivity contribution >= 4 is 11.9 Å². The molecule has 3 rings (SSSR count). The number of likely N-dealkylation sites (tertiary alicyclic amines) is 1. The highest BCUT2D eigenvalue weighted by atomic mass is 16.5. The molecule has 26 heavy (non-hydrogen) atoms. The fraction of sp³-hybridized carbons (Fsp3) is 0.273. The van der Waals surface area contributed by atoms with Crippen LogP contribution in [0.5, 0.6) is 0 Å². The second-order valence-electron chi connectivity index (χ2n) is 6.35. The Kier molecular flexibility index (Phi) is 5.52. The van der Waals surface area contributed by atoms with E-state index in [1.54, 1.807) is 18.9 Å². The van der Waals surface area contributed by atoms with E-state index in [1.807, 2.05) is 66.7 Å². The van der Waals surface area contributed by atoms with Gasteiger partial charge in [0.05, 0.1) is 18.6 Å². The Morgan fingerprint density at radius 1 is 1.08 bits per heavy atom. The van der Waals surface area contributed by atoms with Crippen molar-refractivity contribution in [1.29, 1.82) is 0 Å². The highest BCUT2D eigenvalue weighted by Gasteiger charge is 2.49. The number of β-lactam (4-membered cyclic amide) rings is 1. The van der Waals surface area contributed by atoms with Crippen molar-refractivity contribution in [1.82, 2.24) is 4.90 Å². The summed E-state index contributed by atoms with van der Waals surface area (Å²) in [6, 6.07) is 19.5. The Morgan fingerprint density at radius 2 is 1.69 bits per heavy atom. The first kappa shape index (κ1) is 17.9. The lowest BCUT2D eigenvalue weighted by atomic mass is 9.77. The van der Waals surface area contributed by atoms with Crippen molar-refractivity contribution in [2.45, 2.75) is 19.4 Å². The Hall–Kier alpha value is -2.88. The predicted octanol–water partition coefficient (Wildman–Crippen LogP) is 3.55. The first-order valence-corrected chi connectivity index (χ1v) is 8.86. The van der Waals surface area contributed by atoms with Crippen molar-refractivity contribution in [2.75, 3.05) is 13.7 Å². The molecule has 0 bridgehead atoms. The largest absolute Gasteiger partial charge is 0.463 e. The average molecular weight is 349 g/mol. The number of carbonyl (C=O) groups excluding carboxylic acids is 2. The maximum absolute atomic E-state index is 12.6. The molecule has 2 atom stereocenters. The minimum absolute atomic E-state index is 0.0498. The topological polar surface area (TPSA) is 46.6 Å². The standard InChI is InChI=1S/C22H23NO3/c1-3-26-22(25)18(15-14-16-10-6-4-7-11-16)19-20(23(2)21(19)24)17-12-8-5-9-13-17/h4-13,15,19-20H,3,14H2,1-2H3/b18-15-/t19-,20-/m1/s1. The summed E-state index contributed by atoms with van der Waals surface area (Å²) < 4.78 is 5.24. The SMILES string of the molecule is CCOC(=O)/C(=C\Cc1ccccc1)[C@H]1C(=O)N(C)[C@@H]1c1ccccc1. The van der Waals surface area contributed by atoms with Crippen LogP contribution in [0, 0.1) is 5.92 Å². The molecule has 0 unspecified atom stereocenters. The number of allylic oxidation sites excluding steroid dienone is 1. The summed E-state index contributed by atoms with van der Waals surface area (Å²) in [7, 11) is 1.77. The normalized spacial score (nSPS) is 19.8. The smallest absolute Gasteiger partial charge is 0.334 e. The second-order valence-corrected chi connectivity index (χ2v) is 6.35. The maximum Gasteiger partial charge on any atom is 0.334 e. The molecule has 1 aliphatic rings. The van der Waals surface area contributed by atoms with E-state index in [-0.39, 0.29) is 18.6 Å². The van der Waals surface area contributed by atoms with Crippen LogP contribution in [-0.2, 0) is 20.7 Å². The zero-order valence-corrected chi connectivity index (χ0v) is 15.1. The van der Waals surface area contributed by atoms with Crippen LogP contribution in [0.15, 0.2) is 72.3 Å². The molecule has 0 aliphatic carbocycles. The minimum Gasteiger partial charge on any atom is -0.463 e. The van der Waals surface area contributed by atoms with Gasteiger partial charge in [0.1, 0.15) is 0 Å². The highest BCUT2D eigenvalue weighted by molar-refractivity contribution is 6.00. The van der Waals surface area contributed by atoms with Gasteiger partial charge in [0.25, 0.3) is 0 Å². The summed E-state index contributed by atoms with van der Waals surface area (Å²) in [6.07, 6.45) is 2.43. The fourth-order valence-electron chi connectivity index (χ4n) is 3.40. The van der Waals surface area contributed by atoms with Gasteiger partial charge in [0.15, 0.2) is 0 Å². The van der Waals surface area contributed by atoms with Gasteiger partial charge in [0.2, 0.25) is 5.91 Å². The lowest BCUT2D eigenvalue weighted by Crippen LogP contribution is -2.54. The van der Waals surface area contributed by atoms with E-state index in [4.69, 9.17) is 4.74 Å². The van der Waals surface area contributed by atoms with Gasteiger partial charge in [-0.1, -0.05) is 66.7 Å². The summed E-state index contributed by atoms with van der Waals surface area (Å²) in [5, 5.41) is 0. The van der Waals surface area contributed by atoms with Gasteiger partial charge in [-0.2, -0.15) is 0 Å². The van der Waals surface area contributed by atoms with Gasteiger partial charge in [-0.3, -0.25) is 4.79 Å². The Balaban J connectivity index is 1.92. The van der Waals surface area contributed by atoms with E-state index < -0.39 is 11.9 Å². The van der Waals surface area contributed by atoms with E-state index in [0.717, 1.165) is 11.1 Å². The number of esters is 1. The number of amides is 1. The molecule has 4 nitrogen and oxygen atoms in total. The van der Waals surface area contributed by atoms with Gasteiger partial charge in [-0.25, -0.2) is 4.79 Å². The molecule has 2 aromatic carbocycles. The molecule has 0 saturated carbocycles. The van der Waals surface area contributed by atoms with Gasteiger partial charge in [0, 0.05) is 12.6 Å². The molecule has 1 saturated heterocycles. The number of benzene rings is 2. The molecular weight excluding hydrogens is 326 g/mol. The van der Waals surface area contributed by atoms with Gasteiger partial charge in [-0.15, -0.1) is 0 Å². The third-order valence-electron chi connectivity index (χ3n) is 4.73. The van der Waals surface area contributed by atoms with Crippen LogP contribution in [0.1, 0.15) is 24.1 Å². The van der Waals surface area contributed by atoms with Gasteiger partial charge in [-0.05, 0) is 24.5 Å². The summed E-state index contributed by atoms with van der Waals surface area (Å²) in [4.78, 5) is 26.8. The molecule has 0 radical (unpaired) electrons. The van der Waals surface area contributed by atoms with E-state index in [0.29, 0.717) is 12.0 Å². The number of ether oxygens (including phenoxy) is 1. The van der Waals surface area contributed by atoms with E-state index in [1.165, 1.54) is 0 Å². The average Bonchev–Trinajstić information content (AvgIpc) is 2.68. The first-order chi connectivity index (χ1) is 12.6. The molecule has 1 heterocycles. The van der Waals surface area contributed by atoms with Crippen LogP contribution in [0.3, 0.4) is 0 Å². The Bertz CT molecular complexity index is 799. The van der Waals surface area contributed by atoms with Crippen LogP contribution in [0.25, 0.3) is 0 Å². The number of hydrogen-bond donors (Lipinski definition) is 0.